The molecule has 0 aliphatic heterocycles. The Labute approximate surface area is 41.3 Å². The van der Waals surface area contributed by atoms with Gasteiger partial charge in [-0.05, 0) is 4.89 Å². The molecule has 0 aromatic carbocycles. The Kier molecular flexibility index (Phi) is 3.25. The Balaban J connectivity index is 3.14. The number of carbonyl (C=O) groups is 1. The quantitative estimate of drug-likeness (QED) is 0.265. The molecule has 42 valence electrons. The van der Waals surface area contributed by atoms with Gasteiger partial charge in [0.05, 0.1) is 0 Å². The first-order valence-corrected chi connectivity index (χ1v) is 2.44. The molecular weight excluding hydrogens is 122 g/mol. The second-order valence-electron chi connectivity index (χ2n) is 0.562. The van der Waals surface area contributed by atoms with Crippen LogP contribution in [0.15, 0.2) is 0 Å². The van der Waals surface area contributed by atoms with Gasteiger partial charge in [0.25, 0.3) is 0 Å². The standard InChI is InChI=1S/CH3NO4S/c3-1-6-2-7(4)5/h1,7H,(H,2,4,5). The van der Waals surface area contributed by atoms with E-state index in [0.29, 0.717) is 0 Å². The molecule has 0 amide bonds. The van der Waals surface area contributed by atoms with E-state index in [1.165, 1.54) is 4.89 Å². The maximum Gasteiger partial charge on any atom is 0.314 e. The topological polar surface area (TPSA) is 72.5 Å². The largest absolute Gasteiger partial charge is 0.359 e. The van der Waals surface area contributed by atoms with Crippen molar-refractivity contribution < 1.29 is 18.0 Å². The van der Waals surface area contributed by atoms with E-state index in [9.17, 15) is 8.42 Å². The summed E-state index contributed by atoms with van der Waals surface area (Å²) in [5.74, 6) is 0. The van der Waals surface area contributed by atoms with Crippen molar-refractivity contribution in [3.05, 3.63) is 0 Å². The molecule has 0 aliphatic rings. The monoisotopic (exact) mass is 125 g/mol. The smallest absolute Gasteiger partial charge is 0.314 e. The molecule has 0 saturated heterocycles. The molecule has 0 saturated carbocycles. The third kappa shape index (κ3) is 5.38. The van der Waals surface area contributed by atoms with Crippen LogP contribution >= 0.6 is 0 Å². The van der Waals surface area contributed by atoms with Crippen molar-refractivity contribution in [2.45, 2.75) is 0 Å². The van der Waals surface area contributed by atoms with Gasteiger partial charge in [-0.15, -0.1) is 0 Å². The number of thiol groups is 1. The van der Waals surface area contributed by atoms with E-state index in [1.807, 2.05) is 0 Å². The van der Waals surface area contributed by atoms with E-state index >= 15 is 0 Å². The average Bonchev–Trinajstić information content (AvgIpc) is 1.61. The van der Waals surface area contributed by atoms with Crippen LogP contribution in [0.5, 0.6) is 0 Å². The van der Waals surface area contributed by atoms with Gasteiger partial charge in [-0.25, -0.2) is 8.42 Å². The molecule has 0 heterocycles. The highest BCUT2D eigenvalue weighted by Gasteiger charge is 1.75. The zero-order valence-corrected chi connectivity index (χ0v) is 4.05. The molecule has 0 atom stereocenters. The second-order valence-corrected chi connectivity index (χ2v) is 1.26. The van der Waals surface area contributed by atoms with Gasteiger partial charge in [0.2, 0.25) is 10.9 Å². The lowest BCUT2D eigenvalue weighted by Crippen LogP contribution is -2.09. The van der Waals surface area contributed by atoms with E-state index in [1.54, 1.807) is 0 Å². The van der Waals surface area contributed by atoms with Gasteiger partial charge < -0.3 is 4.84 Å². The fourth-order valence-corrected chi connectivity index (χ4v) is 0.194. The van der Waals surface area contributed by atoms with Crippen LogP contribution in [-0.2, 0) is 20.5 Å². The van der Waals surface area contributed by atoms with Crippen LogP contribution in [0, 0.1) is 0 Å². The van der Waals surface area contributed by atoms with Crippen molar-refractivity contribution in [1.82, 2.24) is 4.89 Å². The summed E-state index contributed by atoms with van der Waals surface area (Å²) >= 11 is 0. The summed E-state index contributed by atoms with van der Waals surface area (Å²) in [6, 6.07) is 0. The van der Waals surface area contributed by atoms with Gasteiger partial charge in [0.1, 0.15) is 0 Å². The molecule has 0 radical (unpaired) electrons. The average molecular weight is 125 g/mol. The number of carbonyl (C=O) groups excluding carboxylic acids is 1. The van der Waals surface area contributed by atoms with Gasteiger partial charge in [-0.3, -0.25) is 4.79 Å². The predicted octanol–water partition coefficient (Wildman–Crippen LogP) is -1.81. The SMILES string of the molecule is O=CON[SH](=O)=O. The summed E-state index contributed by atoms with van der Waals surface area (Å²) in [5.41, 5.74) is 0. The number of hydrogen-bond donors (Lipinski definition) is 2. The minimum atomic E-state index is -2.81. The zero-order chi connectivity index (χ0) is 5.70. The Morgan fingerprint density at radius 3 is 2.29 bits per heavy atom. The van der Waals surface area contributed by atoms with Crippen LogP contribution in [0.1, 0.15) is 0 Å². The summed E-state index contributed by atoms with van der Waals surface area (Å²) in [6.45, 7) is -0.0227. The van der Waals surface area contributed by atoms with E-state index in [4.69, 9.17) is 4.79 Å². The summed E-state index contributed by atoms with van der Waals surface area (Å²) in [6.07, 6.45) is 0. The third-order valence-electron chi connectivity index (χ3n) is 0.175. The molecule has 0 aliphatic carbocycles. The highest BCUT2D eigenvalue weighted by molar-refractivity contribution is 7.70. The minimum absolute atomic E-state index is 0.0227. The molecular formula is CH3NO4S. The van der Waals surface area contributed by atoms with Crippen molar-refractivity contribution in [3.63, 3.8) is 0 Å². The maximum atomic E-state index is 9.40. The first-order chi connectivity index (χ1) is 3.27. The zero-order valence-electron chi connectivity index (χ0n) is 3.16. The molecule has 0 aromatic rings. The van der Waals surface area contributed by atoms with E-state index in [0.717, 1.165) is 0 Å². The fraction of sp³-hybridized carbons (Fsp3) is 0. The number of nitrogens with one attached hydrogen (secondary N) is 1. The third-order valence-corrected chi connectivity index (χ3v) is 0.430. The lowest BCUT2D eigenvalue weighted by Gasteiger charge is -1.83. The van der Waals surface area contributed by atoms with E-state index in [-0.39, 0.29) is 6.47 Å². The highest BCUT2D eigenvalue weighted by atomic mass is 32.2. The van der Waals surface area contributed by atoms with Crippen molar-refractivity contribution in [3.8, 4) is 0 Å². The van der Waals surface area contributed by atoms with Crippen LogP contribution < -0.4 is 4.89 Å². The number of rotatable bonds is 3. The first kappa shape index (κ1) is 6.38. The van der Waals surface area contributed by atoms with E-state index in [2.05, 4.69) is 4.84 Å². The van der Waals surface area contributed by atoms with Gasteiger partial charge in [-0.1, -0.05) is 0 Å². The van der Waals surface area contributed by atoms with Gasteiger partial charge in [-0.2, -0.15) is 0 Å². The Hall–Kier alpha value is -0.620. The molecule has 6 heteroatoms. The fourth-order valence-electron chi connectivity index (χ4n) is 0.0645. The normalized spacial score (nSPS) is 8.71. The molecule has 0 rings (SSSR count). The Morgan fingerprint density at radius 1 is 1.57 bits per heavy atom. The van der Waals surface area contributed by atoms with Crippen LogP contribution in [-0.4, -0.2) is 14.9 Å². The van der Waals surface area contributed by atoms with Crippen molar-refractivity contribution in [1.29, 1.82) is 0 Å². The molecule has 0 spiro atoms. The molecule has 1 N–H and O–H groups in total. The van der Waals surface area contributed by atoms with Crippen LogP contribution in [0.4, 0.5) is 0 Å². The van der Waals surface area contributed by atoms with Crippen LogP contribution in [0.2, 0.25) is 0 Å². The van der Waals surface area contributed by atoms with Gasteiger partial charge in [0.15, 0.2) is 0 Å². The van der Waals surface area contributed by atoms with Gasteiger partial charge >= 0.3 is 6.47 Å². The summed E-state index contributed by atoms with van der Waals surface area (Å²) < 4.78 is 18.8. The van der Waals surface area contributed by atoms with Gasteiger partial charge in [0, 0.05) is 0 Å². The molecule has 7 heavy (non-hydrogen) atoms. The van der Waals surface area contributed by atoms with Crippen LogP contribution in [0.3, 0.4) is 0 Å². The predicted molar refractivity (Wildman–Crippen MR) is 20.6 cm³/mol. The van der Waals surface area contributed by atoms with E-state index < -0.39 is 10.9 Å². The molecule has 0 aromatic heterocycles. The summed E-state index contributed by atoms with van der Waals surface area (Å²) in [7, 11) is -2.81. The number of hydrogen-bond acceptors (Lipinski definition) is 4. The van der Waals surface area contributed by atoms with Crippen molar-refractivity contribution in [2.24, 2.45) is 0 Å². The minimum Gasteiger partial charge on any atom is -0.359 e. The second kappa shape index (κ2) is 3.57. The highest BCUT2D eigenvalue weighted by Crippen LogP contribution is 1.49. The molecule has 0 bridgehead atoms. The lowest BCUT2D eigenvalue weighted by molar-refractivity contribution is -0.131. The van der Waals surface area contributed by atoms with Crippen molar-refractivity contribution in [2.75, 3.05) is 0 Å². The van der Waals surface area contributed by atoms with Crippen molar-refractivity contribution >= 4 is 17.4 Å². The molecule has 5 nitrogen and oxygen atoms in total. The maximum absolute atomic E-state index is 9.40. The Morgan fingerprint density at radius 2 is 2.14 bits per heavy atom. The van der Waals surface area contributed by atoms with Crippen LogP contribution in [0.25, 0.3) is 0 Å². The molecule has 0 fully saturated rings. The summed E-state index contributed by atoms with van der Waals surface area (Å²) in [4.78, 5) is 14.1. The first-order valence-electron chi connectivity index (χ1n) is 1.26. The lowest BCUT2D eigenvalue weighted by atomic mass is 11.6. The Bertz CT molecular complexity index is 109. The summed E-state index contributed by atoms with van der Waals surface area (Å²) in [5, 5.41) is 0. The molecule has 0 unspecified atom stereocenters.